The van der Waals surface area contributed by atoms with Gasteiger partial charge < -0.3 is 10.4 Å². The van der Waals surface area contributed by atoms with Crippen molar-refractivity contribution in [1.29, 1.82) is 0 Å². The van der Waals surface area contributed by atoms with E-state index in [0.717, 1.165) is 0 Å². The molecule has 0 aliphatic rings. The largest absolute Gasteiger partial charge is 0.393 e. The van der Waals surface area contributed by atoms with Gasteiger partial charge in [-0.05, 0) is 51.5 Å². The van der Waals surface area contributed by atoms with Gasteiger partial charge in [0.05, 0.1) is 11.0 Å². The Hall–Kier alpha value is -1.44. The Kier molecular flexibility index (Phi) is 6.32. The van der Waals surface area contributed by atoms with Crippen molar-refractivity contribution < 1.29 is 18.3 Å². The van der Waals surface area contributed by atoms with Crippen LogP contribution in [0.1, 0.15) is 33.6 Å². The molecule has 1 unspecified atom stereocenters. The van der Waals surface area contributed by atoms with Crippen LogP contribution in [0.4, 0.5) is 5.69 Å². The summed E-state index contributed by atoms with van der Waals surface area (Å²) in [5.41, 5.74) is 0.522. The molecule has 1 amide bonds. The van der Waals surface area contributed by atoms with Gasteiger partial charge in [0.15, 0.2) is 0 Å². The minimum atomic E-state index is -3.52. The molecule has 0 aromatic heterocycles. The number of hydrogen-bond acceptors (Lipinski definition) is 4. The molecular weight excluding hydrogens is 292 g/mol. The lowest BCUT2D eigenvalue weighted by molar-refractivity contribution is -0.116. The standard InChI is InChI=1S/C14H22N2O4S/c1-10(2)16-21(19,20)13-7-5-12(6-8-13)15-14(18)9-4-11(3)17/h5-8,10-11,16-17H,4,9H2,1-3H3,(H,15,18). The zero-order valence-corrected chi connectivity index (χ0v) is 13.3. The van der Waals surface area contributed by atoms with Crippen molar-refractivity contribution in [1.82, 2.24) is 4.72 Å². The lowest BCUT2D eigenvalue weighted by Gasteiger charge is -2.10. The van der Waals surface area contributed by atoms with E-state index in [-0.39, 0.29) is 23.3 Å². The molecule has 0 aliphatic heterocycles. The van der Waals surface area contributed by atoms with Crippen LogP contribution in [0, 0.1) is 0 Å². The summed E-state index contributed by atoms with van der Waals surface area (Å²) >= 11 is 0. The monoisotopic (exact) mass is 314 g/mol. The van der Waals surface area contributed by atoms with Crippen molar-refractivity contribution in [2.75, 3.05) is 5.32 Å². The van der Waals surface area contributed by atoms with Crippen LogP contribution in [-0.2, 0) is 14.8 Å². The third-order valence-electron chi connectivity index (χ3n) is 2.63. The summed E-state index contributed by atoms with van der Waals surface area (Å²) in [6.45, 7) is 5.11. The fourth-order valence-corrected chi connectivity index (χ4v) is 2.91. The summed E-state index contributed by atoms with van der Waals surface area (Å²) in [6, 6.07) is 5.77. The van der Waals surface area contributed by atoms with Crippen LogP contribution >= 0.6 is 0 Å². The molecule has 118 valence electrons. The maximum Gasteiger partial charge on any atom is 0.240 e. The summed E-state index contributed by atoms with van der Waals surface area (Å²) in [7, 11) is -3.52. The Morgan fingerprint density at radius 1 is 1.19 bits per heavy atom. The first kappa shape index (κ1) is 17.6. The second kappa shape index (κ2) is 7.53. The molecule has 0 saturated carbocycles. The van der Waals surface area contributed by atoms with Crippen molar-refractivity contribution in [2.24, 2.45) is 0 Å². The molecule has 0 aliphatic carbocycles. The zero-order valence-electron chi connectivity index (χ0n) is 12.5. The van der Waals surface area contributed by atoms with E-state index in [0.29, 0.717) is 12.1 Å². The van der Waals surface area contributed by atoms with E-state index in [2.05, 4.69) is 10.0 Å². The van der Waals surface area contributed by atoms with E-state index in [1.165, 1.54) is 24.3 Å². The smallest absolute Gasteiger partial charge is 0.240 e. The van der Waals surface area contributed by atoms with E-state index >= 15 is 0 Å². The zero-order chi connectivity index (χ0) is 16.0. The number of amides is 1. The SMILES string of the molecule is CC(O)CCC(=O)Nc1ccc(S(=O)(=O)NC(C)C)cc1. The lowest BCUT2D eigenvalue weighted by atomic mass is 10.2. The van der Waals surface area contributed by atoms with Crippen molar-refractivity contribution in [3.63, 3.8) is 0 Å². The topological polar surface area (TPSA) is 95.5 Å². The quantitative estimate of drug-likeness (QED) is 0.710. The van der Waals surface area contributed by atoms with Gasteiger partial charge in [-0.25, -0.2) is 13.1 Å². The van der Waals surface area contributed by atoms with Gasteiger partial charge in [0.25, 0.3) is 0 Å². The average Bonchev–Trinajstić information content (AvgIpc) is 2.35. The van der Waals surface area contributed by atoms with Gasteiger partial charge in [-0.15, -0.1) is 0 Å². The average molecular weight is 314 g/mol. The first-order chi connectivity index (χ1) is 9.70. The van der Waals surface area contributed by atoms with E-state index in [4.69, 9.17) is 5.11 Å². The lowest BCUT2D eigenvalue weighted by Crippen LogP contribution is -2.30. The molecule has 7 heteroatoms. The van der Waals surface area contributed by atoms with E-state index in [1.807, 2.05) is 0 Å². The second-order valence-electron chi connectivity index (χ2n) is 5.24. The molecule has 0 spiro atoms. The minimum absolute atomic E-state index is 0.151. The van der Waals surface area contributed by atoms with Crippen molar-refractivity contribution in [2.45, 2.75) is 50.7 Å². The van der Waals surface area contributed by atoms with Crippen LogP contribution < -0.4 is 10.0 Å². The molecule has 1 aromatic rings. The normalized spacial score (nSPS) is 13.2. The molecule has 6 nitrogen and oxygen atoms in total. The Balaban J connectivity index is 2.68. The maximum absolute atomic E-state index is 11.9. The van der Waals surface area contributed by atoms with Gasteiger partial charge in [0.1, 0.15) is 0 Å². The van der Waals surface area contributed by atoms with E-state index in [1.54, 1.807) is 20.8 Å². The highest BCUT2D eigenvalue weighted by Gasteiger charge is 2.15. The number of anilines is 1. The fourth-order valence-electron chi connectivity index (χ4n) is 1.66. The highest BCUT2D eigenvalue weighted by molar-refractivity contribution is 7.89. The minimum Gasteiger partial charge on any atom is -0.393 e. The summed E-state index contributed by atoms with van der Waals surface area (Å²) in [5.74, 6) is -0.216. The van der Waals surface area contributed by atoms with Gasteiger partial charge in [-0.3, -0.25) is 4.79 Å². The highest BCUT2D eigenvalue weighted by atomic mass is 32.2. The molecular formula is C14H22N2O4S. The van der Waals surface area contributed by atoms with E-state index < -0.39 is 16.1 Å². The third kappa shape index (κ3) is 6.24. The maximum atomic E-state index is 11.9. The molecule has 0 bridgehead atoms. The number of carbonyl (C=O) groups is 1. The van der Waals surface area contributed by atoms with Gasteiger partial charge in [0.2, 0.25) is 15.9 Å². The van der Waals surface area contributed by atoms with Gasteiger partial charge in [0, 0.05) is 18.2 Å². The van der Waals surface area contributed by atoms with Crippen molar-refractivity contribution >= 4 is 21.6 Å². The first-order valence-electron chi connectivity index (χ1n) is 6.81. The molecule has 0 heterocycles. The molecule has 0 saturated heterocycles. The molecule has 1 atom stereocenters. The number of sulfonamides is 1. The van der Waals surface area contributed by atoms with Crippen LogP contribution in [0.3, 0.4) is 0 Å². The Bertz CT molecular complexity index is 565. The number of nitrogens with one attached hydrogen (secondary N) is 2. The second-order valence-corrected chi connectivity index (χ2v) is 6.95. The molecule has 21 heavy (non-hydrogen) atoms. The molecule has 0 fully saturated rings. The van der Waals surface area contributed by atoms with Crippen molar-refractivity contribution in [3.05, 3.63) is 24.3 Å². The number of benzene rings is 1. The predicted molar refractivity (Wildman–Crippen MR) is 81.4 cm³/mol. The molecule has 0 radical (unpaired) electrons. The summed E-state index contributed by atoms with van der Waals surface area (Å²) in [6.07, 6.45) is 0.0776. The van der Waals surface area contributed by atoms with Gasteiger partial charge in [-0.2, -0.15) is 0 Å². The Morgan fingerprint density at radius 2 is 1.76 bits per heavy atom. The molecule has 1 rings (SSSR count). The van der Waals surface area contributed by atoms with Crippen LogP contribution in [0.15, 0.2) is 29.2 Å². The number of carbonyl (C=O) groups excluding carboxylic acids is 1. The predicted octanol–water partition coefficient (Wildman–Crippen LogP) is 1.47. The number of aliphatic hydroxyl groups excluding tert-OH is 1. The fraction of sp³-hybridized carbons (Fsp3) is 0.500. The van der Waals surface area contributed by atoms with Crippen LogP contribution in [0.25, 0.3) is 0 Å². The van der Waals surface area contributed by atoms with Crippen LogP contribution in [0.2, 0.25) is 0 Å². The Morgan fingerprint density at radius 3 is 2.24 bits per heavy atom. The van der Waals surface area contributed by atoms with Crippen LogP contribution in [0.5, 0.6) is 0 Å². The number of rotatable bonds is 7. The summed E-state index contributed by atoms with van der Waals surface area (Å²) in [4.78, 5) is 11.7. The summed E-state index contributed by atoms with van der Waals surface area (Å²) in [5, 5.41) is 11.8. The van der Waals surface area contributed by atoms with Crippen molar-refractivity contribution in [3.8, 4) is 0 Å². The third-order valence-corrected chi connectivity index (χ3v) is 4.30. The number of aliphatic hydroxyl groups is 1. The highest BCUT2D eigenvalue weighted by Crippen LogP contribution is 2.15. The van der Waals surface area contributed by atoms with Gasteiger partial charge in [-0.1, -0.05) is 0 Å². The van der Waals surface area contributed by atoms with E-state index in [9.17, 15) is 13.2 Å². The van der Waals surface area contributed by atoms with Crippen LogP contribution in [-0.4, -0.2) is 31.6 Å². The first-order valence-corrected chi connectivity index (χ1v) is 8.29. The molecule has 1 aromatic carbocycles. The number of hydrogen-bond donors (Lipinski definition) is 3. The molecule has 3 N–H and O–H groups in total. The summed E-state index contributed by atoms with van der Waals surface area (Å²) < 4.78 is 26.3. The Labute approximate surface area is 125 Å². The van der Waals surface area contributed by atoms with Gasteiger partial charge >= 0.3 is 0 Å².